The molecule has 0 bridgehead atoms. The number of carbonyl (C=O) groups is 1. The Bertz CT molecular complexity index is 620. The van der Waals surface area contributed by atoms with Gasteiger partial charge in [0, 0.05) is 6.04 Å². The summed E-state index contributed by atoms with van der Waals surface area (Å²) in [7, 11) is 1.32. The number of hydrogen-bond acceptors (Lipinski definition) is 5. The van der Waals surface area contributed by atoms with E-state index < -0.39 is 5.97 Å². The number of aromatic nitrogens is 2. The molecule has 0 amide bonds. The number of nitrogens with two attached hydrogens (primary N) is 1. The van der Waals surface area contributed by atoms with Gasteiger partial charge in [0.25, 0.3) is 0 Å². The van der Waals surface area contributed by atoms with Crippen molar-refractivity contribution in [2.45, 2.75) is 19.9 Å². The lowest BCUT2D eigenvalue weighted by atomic mass is 10.2. The lowest BCUT2D eigenvalue weighted by molar-refractivity contribution is 0.0601. The van der Waals surface area contributed by atoms with Gasteiger partial charge in [0.2, 0.25) is 0 Å². The fourth-order valence-corrected chi connectivity index (χ4v) is 1.67. The third-order valence-electron chi connectivity index (χ3n) is 2.77. The van der Waals surface area contributed by atoms with E-state index in [0.717, 1.165) is 0 Å². The minimum absolute atomic E-state index is 0.256. The average Bonchev–Trinajstić information content (AvgIpc) is 2.89. The van der Waals surface area contributed by atoms with Crippen LogP contribution in [0.2, 0.25) is 0 Å². The summed E-state index contributed by atoms with van der Waals surface area (Å²) in [6.07, 6.45) is 3.41. The standard InChI is InChI=1S/C14H17N3O3/c1-9(2)17-8-11(7-16-17)20-13-5-4-10(6-12(13)15)14(18)19-3/h4-9H,15H2,1-3H3. The predicted octanol–water partition coefficient (Wildman–Crippen LogP) is 2.63. The van der Waals surface area contributed by atoms with Gasteiger partial charge in [-0.1, -0.05) is 0 Å². The Morgan fingerprint density at radius 1 is 1.40 bits per heavy atom. The number of rotatable bonds is 4. The molecule has 0 aliphatic rings. The first kappa shape index (κ1) is 13.9. The van der Waals surface area contributed by atoms with Gasteiger partial charge < -0.3 is 15.2 Å². The molecule has 1 heterocycles. The molecule has 0 saturated carbocycles. The molecule has 1 aromatic heterocycles. The molecule has 0 fully saturated rings. The maximum atomic E-state index is 11.4. The highest BCUT2D eigenvalue weighted by atomic mass is 16.5. The molecule has 1 aromatic carbocycles. The zero-order valence-electron chi connectivity index (χ0n) is 11.7. The highest BCUT2D eigenvalue weighted by Crippen LogP contribution is 2.28. The quantitative estimate of drug-likeness (QED) is 0.685. The summed E-state index contributed by atoms with van der Waals surface area (Å²) >= 11 is 0. The molecule has 6 nitrogen and oxygen atoms in total. The van der Waals surface area contributed by atoms with Crippen molar-refractivity contribution >= 4 is 11.7 Å². The van der Waals surface area contributed by atoms with Gasteiger partial charge >= 0.3 is 5.97 Å². The predicted molar refractivity (Wildman–Crippen MR) is 74.9 cm³/mol. The molecule has 6 heteroatoms. The number of methoxy groups -OCH3 is 1. The Balaban J connectivity index is 2.19. The van der Waals surface area contributed by atoms with Crippen LogP contribution in [0.5, 0.6) is 11.5 Å². The summed E-state index contributed by atoms with van der Waals surface area (Å²) in [5.41, 5.74) is 6.62. The first-order chi connectivity index (χ1) is 9.51. The van der Waals surface area contributed by atoms with Crippen molar-refractivity contribution in [2.24, 2.45) is 0 Å². The largest absolute Gasteiger partial charge is 0.465 e. The number of carbonyl (C=O) groups excluding carboxylic acids is 1. The molecular formula is C14H17N3O3. The SMILES string of the molecule is COC(=O)c1ccc(Oc2cnn(C(C)C)c2)c(N)c1. The molecule has 2 rings (SSSR count). The summed E-state index contributed by atoms with van der Waals surface area (Å²) in [4.78, 5) is 11.4. The second-order valence-electron chi connectivity index (χ2n) is 4.60. The molecule has 20 heavy (non-hydrogen) atoms. The number of benzene rings is 1. The molecule has 0 aliphatic carbocycles. The topological polar surface area (TPSA) is 79.4 Å². The first-order valence-corrected chi connectivity index (χ1v) is 6.21. The van der Waals surface area contributed by atoms with Gasteiger partial charge in [-0.05, 0) is 32.0 Å². The lowest BCUT2D eigenvalue weighted by Crippen LogP contribution is -2.02. The normalized spacial score (nSPS) is 10.6. The van der Waals surface area contributed by atoms with Crippen molar-refractivity contribution in [3.05, 3.63) is 36.2 Å². The van der Waals surface area contributed by atoms with Gasteiger partial charge in [0.05, 0.1) is 30.8 Å². The number of anilines is 1. The smallest absolute Gasteiger partial charge is 0.337 e. The number of hydrogen-bond donors (Lipinski definition) is 1. The van der Waals surface area contributed by atoms with E-state index in [-0.39, 0.29) is 6.04 Å². The van der Waals surface area contributed by atoms with Crippen molar-refractivity contribution in [1.82, 2.24) is 9.78 Å². The van der Waals surface area contributed by atoms with Crippen molar-refractivity contribution < 1.29 is 14.3 Å². The number of nitrogens with zero attached hydrogens (tertiary/aromatic N) is 2. The molecule has 0 spiro atoms. The number of nitrogen functional groups attached to an aromatic ring is 1. The minimum atomic E-state index is -0.434. The molecule has 0 atom stereocenters. The maximum absolute atomic E-state index is 11.4. The molecule has 0 unspecified atom stereocenters. The van der Waals surface area contributed by atoms with Crippen LogP contribution in [-0.2, 0) is 4.74 Å². The van der Waals surface area contributed by atoms with Gasteiger partial charge in [-0.25, -0.2) is 4.79 Å². The second kappa shape index (κ2) is 5.64. The van der Waals surface area contributed by atoms with E-state index >= 15 is 0 Å². The summed E-state index contributed by atoms with van der Waals surface area (Å²) in [6, 6.07) is 5.01. The van der Waals surface area contributed by atoms with Gasteiger partial charge in [0.15, 0.2) is 11.5 Å². The van der Waals surface area contributed by atoms with E-state index in [1.807, 2.05) is 13.8 Å². The van der Waals surface area contributed by atoms with Crippen LogP contribution >= 0.6 is 0 Å². The summed E-state index contributed by atoms with van der Waals surface area (Å²) in [5.74, 6) is 0.632. The second-order valence-corrected chi connectivity index (χ2v) is 4.60. The van der Waals surface area contributed by atoms with Crippen LogP contribution in [0.3, 0.4) is 0 Å². The molecule has 0 saturated heterocycles. The van der Waals surface area contributed by atoms with E-state index in [1.54, 1.807) is 29.2 Å². The third-order valence-corrected chi connectivity index (χ3v) is 2.77. The zero-order chi connectivity index (χ0) is 14.7. The van der Waals surface area contributed by atoms with Crippen molar-refractivity contribution in [1.29, 1.82) is 0 Å². The Morgan fingerprint density at radius 2 is 2.15 bits per heavy atom. The first-order valence-electron chi connectivity index (χ1n) is 6.21. The van der Waals surface area contributed by atoms with E-state index in [9.17, 15) is 4.79 Å². The van der Waals surface area contributed by atoms with Crippen LogP contribution in [0, 0.1) is 0 Å². The summed E-state index contributed by atoms with van der Waals surface area (Å²) in [5, 5.41) is 4.18. The maximum Gasteiger partial charge on any atom is 0.337 e. The Kier molecular flexibility index (Phi) is 3.93. The Morgan fingerprint density at radius 3 is 2.70 bits per heavy atom. The fourth-order valence-electron chi connectivity index (χ4n) is 1.67. The lowest BCUT2D eigenvalue weighted by Gasteiger charge is -2.08. The van der Waals surface area contributed by atoms with Gasteiger partial charge in [-0.15, -0.1) is 0 Å². The van der Waals surface area contributed by atoms with Crippen molar-refractivity contribution in [3.63, 3.8) is 0 Å². The average molecular weight is 275 g/mol. The number of esters is 1. The van der Waals surface area contributed by atoms with Gasteiger partial charge in [0.1, 0.15) is 0 Å². The van der Waals surface area contributed by atoms with Crippen LogP contribution in [0.25, 0.3) is 0 Å². The fraction of sp³-hybridized carbons (Fsp3) is 0.286. The van der Waals surface area contributed by atoms with Gasteiger partial charge in [-0.2, -0.15) is 5.10 Å². The highest BCUT2D eigenvalue weighted by molar-refractivity contribution is 5.90. The summed E-state index contributed by atoms with van der Waals surface area (Å²) in [6.45, 7) is 4.05. The number of ether oxygens (including phenoxy) is 2. The molecule has 2 N–H and O–H groups in total. The van der Waals surface area contributed by atoms with Crippen molar-refractivity contribution in [2.75, 3.05) is 12.8 Å². The molecule has 0 aliphatic heterocycles. The van der Waals surface area contributed by atoms with Crippen LogP contribution in [0.4, 0.5) is 5.69 Å². The van der Waals surface area contributed by atoms with Crippen LogP contribution in [-0.4, -0.2) is 22.9 Å². The monoisotopic (exact) mass is 275 g/mol. The molecular weight excluding hydrogens is 258 g/mol. The van der Waals surface area contributed by atoms with E-state index in [2.05, 4.69) is 9.84 Å². The van der Waals surface area contributed by atoms with Gasteiger partial charge in [-0.3, -0.25) is 4.68 Å². The van der Waals surface area contributed by atoms with E-state index in [1.165, 1.54) is 13.2 Å². The van der Waals surface area contributed by atoms with E-state index in [0.29, 0.717) is 22.7 Å². The van der Waals surface area contributed by atoms with Crippen LogP contribution in [0.15, 0.2) is 30.6 Å². The molecule has 106 valence electrons. The Labute approximate surface area is 117 Å². The highest BCUT2D eigenvalue weighted by Gasteiger charge is 2.10. The van der Waals surface area contributed by atoms with E-state index in [4.69, 9.17) is 10.5 Å². The van der Waals surface area contributed by atoms with Crippen molar-refractivity contribution in [3.8, 4) is 11.5 Å². The third kappa shape index (κ3) is 2.90. The molecule has 2 aromatic rings. The zero-order valence-corrected chi connectivity index (χ0v) is 11.7. The van der Waals surface area contributed by atoms with Crippen LogP contribution in [0.1, 0.15) is 30.2 Å². The molecule has 0 radical (unpaired) electrons. The van der Waals surface area contributed by atoms with Crippen LogP contribution < -0.4 is 10.5 Å². The minimum Gasteiger partial charge on any atom is -0.465 e. The summed E-state index contributed by atoms with van der Waals surface area (Å²) < 4.78 is 12.1. The Hall–Kier alpha value is -2.50.